The van der Waals surface area contributed by atoms with Crippen LogP contribution in [0, 0.1) is 6.92 Å². The second-order valence-corrected chi connectivity index (χ2v) is 6.56. The van der Waals surface area contributed by atoms with Gasteiger partial charge in [-0.15, -0.1) is 11.3 Å². The number of anilines is 1. The van der Waals surface area contributed by atoms with Crippen LogP contribution in [-0.2, 0) is 4.79 Å². The third-order valence-electron chi connectivity index (χ3n) is 3.70. The fraction of sp³-hybridized carbons (Fsp3) is 0.143. The van der Waals surface area contributed by atoms with E-state index in [2.05, 4.69) is 10.3 Å². The van der Waals surface area contributed by atoms with E-state index in [9.17, 15) is 4.79 Å². The predicted octanol–water partition coefficient (Wildman–Crippen LogP) is 5.17. The molecule has 0 saturated heterocycles. The van der Waals surface area contributed by atoms with Gasteiger partial charge in [-0.05, 0) is 37.6 Å². The quantitative estimate of drug-likeness (QED) is 0.614. The fourth-order valence-corrected chi connectivity index (χ4v) is 3.12. The van der Waals surface area contributed by atoms with Gasteiger partial charge in [0.15, 0.2) is 5.13 Å². The summed E-state index contributed by atoms with van der Waals surface area (Å²) in [6.07, 6.45) is 3.30. The molecule has 1 N–H and O–H groups in total. The van der Waals surface area contributed by atoms with Crippen molar-refractivity contribution < 1.29 is 9.53 Å². The minimum atomic E-state index is -0.204. The number of nitrogens with zero attached hydrogens (tertiary/aromatic N) is 1. The number of hydrogen-bond donors (Lipinski definition) is 1. The summed E-state index contributed by atoms with van der Waals surface area (Å²) in [6, 6.07) is 15.7. The van der Waals surface area contributed by atoms with Gasteiger partial charge in [0, 0.05) is 17.0 Å². The van der Waals surface area contributed by atoms with Crippen molar-refractivity contribution in [1.29, 1.82) is 0 Å². The van der Waals surface area contributed by atoms with Crippen LogP contribution in [0.2, 0.25) is 0 Å². The average Bonchev–Trinajstić information content (AvgIpc) is 3.10. The van der Waals surface area contributed by atoms with E-state index in [0.717, 1.165) is 22.6 Å². The Bertz CT molecular complexity index is 914. The minimum absolute atomic E-state index is 0.204. The Morgan fingerprint density at radius 1 is 1.19 bits per heavy atom. The number of benzene rings is 2. The van der Waals surface area contributed by atoms with E-state index in [1.165, 1.54) is 23.0 Å². The number of carbonyl (C=O) groups is 1. The Balaban J connectivity index is 1.68. The predicted molar refractivity (Wildman–Crippen MR) is 108 cm³/mol. The second kappa shape index (κ2) is 8.45. The lowest BCUT2D eigenvalue weighted by Crippen LogP contribution is -2.07. The number of hydrogen-bond acceptors (Lipinski definition) is 4. The van der Waals surface area contributed by atoms with E-state index in [1.807, 2.05) is 67.8 Å². The zero-order chi connectivity index (χ0) is 18.4. The molecular weight excluding hydrogens is 344 g/mol. The number of nitrogens with one attached hydrogen (secondary N) is 1. The van der Waals surface area contributed by atoms with Gasteiger partial charge >= 0.3 is 0 Å². The van der Waals surface area contributed by atoms with Gasteiger partial charge < -0.3 is 4.74 Å². The van der Waals surface area contributed by atoms with Gasteiger partial charge in [0.25, 0.3) is 0 Å². The number of para-hydroxylation sites is 1. The number of rotatable bonds is 6. The van der Waals surface area contributed by atoms with Gasteiger partial charge in [0.1, 0.15) is 5.75 Å². The zero-order valence-electron chi connectivity index (χ0n) is 14.7. The molecule has 2 aromatic carbocycles. The van der Waals surface area contributed by atoms with E-state index in [-0.39, 0.29) is 5.91 Å². The molecule has 1 heterocycles. The van der Waals surface area contributed by atoms with Crippen LogP contribution in [0.3, 0.4) is 0 Å². The van der Waals surface area contributed by atoms with Crippen LogP contribution < -0.4 is 10.1 Å². The molecule has 26 heavy (non-hydrogen) atoms. The minimum Gasteiger partial charge on any atom is -0.493 e. The third-order valence-corrected chi connectivity index (χ3v) is 4.46. The highest BCUT2D eigenvalue weighted by atomic mass is 32.1. The third kappa shape index (κ3) is 4.58. The molecular formula is C21H20N2O2S. The standard InChI is InChI=1S/C21H20N2O2S/c1-3-25-19-7-5-4-6-17(19)18-14-26-21(22-18)23-20(24)13-12-16-10-8-15(2)9-11-16/h4-14H,3H2,1-2H3,(H,22,23,24). The highest BCUT2D eigenvalue weighted by molar-refractivity contribution is 7.14. The SMILES string of the molecule is CCOc1ccccc1-c1csc(NC(=O)C=Cc2ccc(C)cc2)n1. The molecule has 3 aromatic rings. The van der Waals surface area contributed by atoms with Crippen molar-refractivity contribution in [2.45, 2.75) is 13.8 Å². The summed E-state index contributed by atoms with van der Waals surface area (Å²) in [7, 11) is 0. The normalized spacial score (nSPS) is 10.8. The second-order valence-electron chi connectivity index (χ2n) is 5.70. The maximum Gasteiger partial charge on any atom is 0.250 e. The molecule has 0 spiro atoms. The summed E-state index contributed by atoms with van der Waals surface area (Å²) >= 11 is 1.39. The van der Waals surface area contributed by atoms with E-state index >= 15 is 0 Å². The van der Waals surface area contributed by atoms with E-state index in [0.29, 0.717) is 11.7 Å². The first kappa shape index (κ1) is 17.9. The maximum absolute atomic E-state index is 12.1. The number of ether oxygens (including phenoxy) is 1. The lowest BCUT2D eigenvalue weighted by molar-refractivity contribution is -0.111. The van der Waals surface area contributed by atoms with Crippen molar-refractivity contribution in [1.82, 2.24) is 4.98 Å². The topological polar surface area (TPSA) is 51.2 Å². The maximum atomic E-state index is 12.1. The van der Waals surface area contributed by atoms with Crippen molar-refractivity contribution in [3.63, 3.8) is 0 Å². The lowest BCUT2D eigenvalue weighted by Gasteiger charge is -2.07. The Hall–Kier alpha value is -2.92. The van der Waals surface area contributed by atoms with Crippen LogP contribution in [-0.4, -0.2) is 17.5 Å². The van der Waals surface area contributed by atoms with Crippen molar-refractivity contribution >= 4 is 28.5 Å². The zero-order valence-corrected chi connectivity index (χ0v) is 15.5. The Kier molecular flexibility index (Phi) is 5.81. The van der Waals surface area contributed by atoms with Gasteiger partial charge in [0.2, 0.25) is 5.91 Å². The molecule has 0 aliphatic rings. The van der Waals surface area contributed by atoms with Crippen molar-refractivity contribution in [2.75, 3.05) is 11.9 Å². The lowest BCUT2D eigenvalue weighted by atomic mass is 10.1. The first-order valence-electron chi connectivity index (χ1n) is 8.39. The average molecular weight is 364 g/mol. The molecule has 0 unspecified atom stereocenters. The largest absolute Gasteiger partial charge is 0.493 e. The molecule has 5 heteroatoms. The number of thiazole rings is 1. The molecule has 0 fully saturated rings. The van der Waals surface area contributed by atoms with Crippen LogP contribution in [0.4, 0.5) is 5.13 Å². The molecule has 0 bridgehead atoms. The number of carbonyl (C=O) groups excluding carboxylic acids is 1. The molecule has 0 saturated carbocycles. The summed E-state index contributed by atoms with van der Waals surface area (Å²) in [6.45, 7) is 4.57. The van der Waals surface area contributed by atoms with Crippen LogP contribution in [0.1, 0.15) is 18.1 Å². The van der Waals surface area contributed by atoms with E-state index in [4.69, 9.17) is 4.74 Å². The molecule has 132 valence electrons. The van der Waals surface area contributed by atoms with Crippen LogP contribution in [0.25, 0.3) is 17.3 Å². The van der Waals surface area contributed by atoms with Gasteiger partial charge in [-0.3, -0.25) is 10.1 Å². The molecule has 0 radical (unpaired) electrons. The number of aryl methyl sites for hydroxylation is 1. The van der Waals surface area contributed by atoms with Crippen LogP contribution in [0.5, 0.6) is 5.75 Å². The smallest absolute Gasteiger partial charge is 0.250 e. The van der Waals surface area contributed by atoms with Crippen molar-refractivity contribution in [3.8, 4) is 17.0 Å². The summed E-state index contributed by atoms with van der Waals surface area (Å²) in [4.78, 5) is 16.6. The molecule has 4 nitrogen and oxygen atoms in total. The molecule has 1 amide bonds. The van der Waals surface area contributed by atoms with E-state index < -0.39 is 0 Å². The highest BCUT2D eigenvalue weighted by Crippen LogP contribution is 2.32. The summed E-state index contributed by atoms with van der Waals surface area (Å²) < 4.78 is 5.64. The molecule has 0 atom stereocenters. The van der Waals surface area contributed by atoms with Crippen molar-refractivity contribution in [3.05, 3.63) is 71.1 Å². The molecule has 0 aliphatic heterocycles. The van der Waals surface area contributed by atoms with Crippen LogP contribution >= 0.6 is 11.3 Å². The summed E-state index contributed by atoms with van der Waals surface area (Å²) in [5.74, 6) is 0.585. The Labute approximate surface area is 157 Å². The first-order valence-corrected chi connectivity index (χ1v) is 9.27. The van der Waals surface area contributed by atoms with E-state index in [1.54, 1.807) is 6.08 Å². The van der Waals surface area contributed by atoms with Crippen LogP contribution in [0.15, 0.2) is 60.0 Å². The van der Waals surface area contributed by atoms with Gasteiger partial charge in [0.05, 0.1) is 12.3 Å². The van der Waals surface area contributed by atoms with Gasteiger partial charge in [-0.2, -0.15) is 0 Å². The van der Waals surface area contributed by atoms with Crippen molar-refractivity contribution in [2.24, 2.45) is 0 Å². The Morgan fingerprint density at radius 2 is 1.96 bits per heavy atom. The molecule has 1 aromatic heterocycles. The Morgan fingerprint density at radius 3 is 2.73 bits per heavy atom. The molecule has 3 rings (SSSR count). The number of aromatic nitrogens is 1. The van der Waals surface area contributed by atoms with Gasteiger partial charge in [-0.1, -0.05) is 42.0 Å². The monoisotopic (exact) mass is 364 g/mol. The summed E-state index contributed by atoms with van der Waals surface area (Å²) in [5.41, 5.74) is 3.88. The molecule has 0 aliphatic carbocycles. The fourth-order valence-electron chi connectivity index (χ4n) is 2.41. The first-order chi connectivity index (χ1) is 12.7. The highest BCUT2D eigenvalue weighted by Gasteiger charge is 2.10. The van der Waals surface area contributed by atoms with Gasteiger partial charge in [-0.25, -0.2) is 4.98 Å². The summed E-state index contributed by atoms with van der Waals surface area (Å²) in [5, 5.41) is 5.28. The number of amides is 1.